The predicted molar refractivity (Wildman–Crippen MR) is 55.8 cm³/mol. The van der Waals surface area contributed by atoms with Gasteiger partial charge in [0.15, 0.2) is 0 Å². The molecule has 0 bridgehead atoms. The molecule has 2 nitrogen and oxygen atoms in total. The summed E-state index contributed by atoms with van der Waals surface area (Å²) in [4.78, 5) is 0. The molecular formula is C11H19NO. The highest BCUT2D eigenvalue weighted by Gasteiger charge is 2.10. The summed E-state index contributed by atoms with van der Waals surface area (Å²) in [5.74, 6) is 0. The largest absolute Gasteiger partial charge is 0.377 e. The summed E-state index contributed by atoms with van der Waals surface area (Å²) in [7, 11) is 1.75. The van der Waals surface area contributed by atoms with Crippen molar-refractivity contribution in [2.45, 2.75) is 32.4 Å². The van der Waals surface area contributed by atoms with Crippen molar-refractivity contribution in [3.05, 3.63) is 23.8 Å². The Morgan fingerprint density at radius 2 is 2.46 bits per heavy atom. The topological polar surface area (TPSA) is 21.3 Å². The van der Waals surface area contributed by atoms with Crippen LogP contribution < -0.4 is 5.32 Å². The van der Waals surface area contributed by atoms with Crippen molar-refractivity contribution in [2.24, 2.45) is 0 Å². The minimum Gasteiger partial charge on any atom is -0.377 e. The lowest BCUT2D eigenvalue weighted by molar-refractivity contribution is 0.142. The summed E-state index contributed by atoms with van der Waals surface area (Å²) in [6.07, 6.45) is 7.81. The third-order valence-electron chi connectivity index (χ3n) is 2.40. The Morgan fingerprint density at radius 3 is 2.92 bits per heavy atom. The Hall–Kier alpha value is -0.600. The van der Waals surface area contributed by atoms with E-state index in [2.05, 4.69) is 37.4 Å². The highest BCUT2D eigenvalue weighted by molar-refractivity contribution is 5.28. The lowest BCUT2D eigenvalue weighted by atomic mass is 10.00. The van der Waals surface area contributed by atoms with Crippen LogP contribution in [0, 0.1) is 0 Å². The lowest BCUT2D eigenvalue weighted by Gasteiger charge is -2.19. The maximum atomic E-state index is 5.23. The van der Waals surface area contributed by atoms with Gasteiger partial charge in [0.2, 0.25) is 0 Å². The second-order valence-electron chi connectivity index (χ2n) is 3.35. The molecule has 0 radical (unpaired) electrons. The number of likely N-dealkylation sites (N-methyl/N-ethyl adjacent to an activating group) is 1. The first-order valence-electron chi connectivity index (χ1n) is 4.92. The van der Waals surface area contributed by atoms with Crippen LogP contribution in [0.5, 0.6) is 0 Å². The molecular weight excluding hydrogens is 162 g/mol. The SMILES string of the molecule is CCNC(C)C1=CCC(OC)C=C1. The van der Waals surface area contributed by atoms with Gasteiger partial charge in [0.1, 0.15) is 0 Å². The van der Waals surface area contributed by atoms with Gasteiger partial charge in [-0.3, -0.25) is 0 Å². The molecule has 74 valence electrons. The number of ether oxygens (including phenoxy) is 1. The molecule has 2 unspecified atom stereocenters. The Balaban J connectivity index is 2.46. The smallest absolute Gasteiger partial charge is 0.0789 e. The number of hydrogen-bond acceptors (Lipinski definition) is 2. The van der Waals surface area contributed by atoms with E-state index in [1.54, 1.807) is 7.11 Å². The second kappa shape index (κ2) is 5.20. The first-order chi connectivity index (χ1) is 6.27. The van der Waals surface area contributed by atoms with Crippen LogP contribution in [0.15, 0.2) is 23.8 Å². The molecule has 1 rings (SSSR count). The maximum absolute atomic E-state index is 5.23. The van der Waals surface area contributed by atoms with Gasteiger partial charge >= 0.3 is 0 Å². The number of methoxy groups -OCH3 is 1. The molecule has 2 atom stereocenters. The van der Waals surface area contributed by atoms with Gasteiger partial charge < -0.3 is 10.1 Å². The minimum atomic E-state index is 0.276. The first-order valence-corrected chi connectivity index (χ1v) is 4.92. The summed E-state index contributed by atoms with van der Waals surface area (Å²) < 4.78 is 5.23. The van der Waals surface area contributed by atoms with E-state index in [1.165, 1.54) is 5.57 Å². The molecule has 0 spiro atoms. The molecule has 0 amide bonds. The number of rotatable bonds is 4. The van der Waals surface area contributed by atoms with Gasteiger partial charge in [-0.2, -0.15) is 0 Å². The van der Waals surface area contributed by atoms with E-state index >= 15 is 0 Å². The third-order valence-corrected chi connectivity index (χ3v) is 2.40. The molecule has 0 heterocycles. The van der Waals surface area contributed by atoms with Gasteiger partial charge in [0.25, 0.3) is 0 Å². The molecule has 1 aliphatic carbocycles. The van der Waals surface area contributed by atoms with E-state index in [-0.39, 0.29) is 6.10 Å². The van der Waals surface area contributed by atoms with Crippen LogP contribution in [0.4, 0.5) is 0 Å². The average molecular weight is 181 g/mol. The van der Waals surface area contributed by atoms with Gasteiger partial charge in [0, 0.05) is 13.2 Å². The van der Waals surface area contributed by atoms with Crippen molar-refractivity contribution < 1.29 is 4.74 Å². The Bertz CT molecular complexity index is 208. The van der Waals surface area contributed by atoms with Crippen molar-refractivity contribution >= 4 is 0 Å². The average Bonchev–Trinajstić information content (AvgIpc) is 2.18. The summed E-state index contributed by atoms with van der Waals surface area (Å²) >= 11 is 0. The fourth-order valence-electron chi connectivity index (χ4n) is 1.54. The zero-order chi connectivity index (χ0) is 9.68. The van der Waals surface area contributed by atoms with Crippen molar-refractivity contribution in [1.29, 1.82) is 0 Å². The van der Waals surface area contributed by atoms with Crippen molar-refractivity contribution in [2.75, 3.05) is 13.7 Å². The van der Waals surface area contributed by atoms with E-state index < -0.39 is 0 Å². The fourth-order valence-corrected chi connectivity index (χ4v) is 1.54. The van der Waals surface area contributed by atoms with Crippen molar-refractivity contribution in [1.82, 2.24) is 5.32 Å². The van der Waals surface area contributed by atoms with Crippen LogP contribution in [-0.2, 0) is 4.74 Å². The maximum Gasteiger partial charge on any atom is 0.0789 e. The van der Waals surface area contributed by atoms with Crippen LogP contribution in [0.25, 0.3) is 0 Å². The van der Waals surface area contributed by atoms with Gasteiger partial charge in [-0.25, -0.2) is 0 Å². The van der Waals surface area contributed by atoms with E-state index in [0.717, 1.165) is 13.0 Å². The normalized spacial score (nSPS) is 24.2. The molecule has 1 aliphatic rings. The van der Waals surface area contributed by atoms with Gasteiger partial charge in [-0.1, -0.05) is 25.2 Å². The Kier molecular flexibility index (Phi) is 4.19. The van der Waals surface area contributed by atoms with E-state index in [4.69, 9.17) is 4.74 Å². The first kappa shape index (κ1) is 10.5. The summed E-state index contributed by atoms with van der Waals surface area (Å²) in [5.41, 5.74) is 1.37. The molecule has 0 aromatic heterocycles. The highest BCUT2D eigenvalue weighted by Crippen LogP contribution is 2.15. The molecule has 0 saturated heterocycles. The number of nitrogens with one attached hydrogen (secondary N) is 1. The summed E-state index contributed by atoms with van der Waals surface area (Å²) in [6, 6.07) is 0.457. The second-order valence-corrected chi connectivity index (χ2v) is 3.35. The Labute approximate surface area is 80.7 Å². The van der Waals surface area contributed by atoms with E-state index in [0.29, 0.717) is 6.04 Å². The van der Waals surface area contributed by atoms with Crippen molar-refractivity contribution in [3.8, 4) is 0 Å². The summed E-state index contributed by atoms with van der Waals surface area (Å²) in [6.45, 7) is 5.33. The van der Waals surface area contributed by atoms with Gasteiger partial charge in [-0.05, 0) is 25.5 Å². The van der Waals surface area contributed by atoms with Crippen LogP contribution >= 0.6 is 0 Å². The zero-order valence-electron chi connectivity index (χ0n) is 8.71. The zero-order valence-corrected chi connectivity index (χ0v) is 8.71. The number of hydrogen-bond donors (Lipinski definition) is 1. The molecule has 0 saturated carbocycles. The lowest BCUT2D eigenvalue weighted by Crippen LogP contribution is -2.28. The van der Waals surface area contributed by atoms with Crippen LogP contribution in [0.1, 0.15) is 20.3 Å². The van der Waals surface area contributed by atoms with Gasteiger partial charge in [-0.15, -0.1) is 0 Å². The van der Waals surface area contributed by atoms with Crippen LogP contribution in [0.2, 0.25) is 0 Å². The molecule has 13 heavy (non-hydrogen) atoms. The molecule has 0 aromatic rings. The molecule has 0 aliphatic heterocycles. The van der Waals surface area contributed by atoms with Crippen molar-refractivity contribution in [3.63, 3.8) is 0 Å². The van der Waals surface area contributed by atoms with Gasteiger partial charge in [0.05, 0.1) is 6.10 Å². The standard InChI is InChI=1S/C11H19NO/c1-4-12-9(2)10-5-7-11(13-3)8-6-10/h5-7,9,11-12H,4,8H2,1-3H3. The fraction of sp³-hybridized carbons (Fsp3) is 0.636. The molecule has 0 aromatic carbocycles. The quantitative estimate of drug-likeness (QED) is 0.715. The van der Waals surface area contributed by atoms with Crippen LogP contribution in [-0.4, -0.2) is 25.8 Å². The molecule has 2 heteroatoms. The monoisotopic (exact) mass is 181 g/mol. The Morgan fingerprint density at radius 1 is 1.69 bits per heavy atom. The molecule has 0 fully saturated rings. The minimum absolute atomic E-state index is 0.276. The van der Waals surface area contributed by atoms with E-state index in [9.17, 15) is 0 Å². The summed E-state index contributed by atoms with van der Waals surface area (Å²) in [5, 5.41) is 3.39. The van der Waals surface area contributed by atoms with E-state index in [1.807, 2.05) is 0 Å². The predicted octanol–water partition coefficient (Wildman–Crippen LogP) is 1.89. The van der Waals surface area contributed by atoms with Crippen LogP contribution in [0.3, 0.4) is 0 Å². The third kappa shape index (κ3) is 2.98. The highest BCUT2D eigenvalue weighted by atomic mass is 16.5. The molecule has 1 N–H and O–H groups in total.